The van der Waals surface area contributed by atoms with Crippen LogP contribution in [0.25, 0.3) is 11.0 Å². The Morgan fingerprint density at radius 3 is 3.12 bits per heavy atom. The summed E-state index contributed by atoms with van der Waals surface area (Å²) in [6, 6.07) is 5.65. The van der Waals surface area contributed by atoms with E-state index in [2.05, 4.69) is 32.6 Å². The highest BCUT2D eigenvalue weighted by molar-refractivity contribution is 14.1. The van der Waals surface area contributed by atoms with Crippen molar-refractivity contribution >= 4 is 50.7 Å². The normalized spacial score (nSPS) is 10.9. The topological polar surface area (TPSA) is 45.8 Å². The second-order valence-electron chi connectivity index (χ2n) is 3.57. The number of hydrogen-bond acceptors (Lipinski definition) is 3. The number of thiophene rings is 1. The molecule has 84 valence electrons. The van der Waals surface area contributed by atoms with Crippen LogP contribution in [0.15, 0.2) is 36.0 Å². The van der Waals surface area contributed by atoms with Gasteiger partial charge in [0.25, 0.3) is 0 Å². The van der Waals surface area contributed by atoms with Crippen LogP contribution in [0.3, 0.4) is 0 Å². The van der Waals surface area contributed by atoms with Gasteiger partial charge in [-0.25, -0.2) is 4.98 Å². The molecule has 5 heteroatoms. The maximum atomic E-state index is 12.3. The number of nitrogens with zero attached hydrogens (tertiary/aromatic N) is 1. The van der Waals surface area contributed by atoms with E-state index in [1.807, 2.05) is 23.6 Å². The van der Waals surface area contributed by atoms with Crippen LogP contribution in [-0.4, -0.2) is 15.8 Å². The molecular formula is C12H7IN2OS. The molecule has 0 amide bonds. The van der Waals surface area contributed by atoms with Crippen LogP contribution in [0.2, 0.25) is 0 Å². The number of aromatic amines is 1. The number of ketones is 1. The molecule has 0 aliphatic heterocycles. The lowest BCUT2D eigenvalue weighted by Gasteiger charge is -1.95. The van der Waals surface area contributed by atoms with Gasteiger partial charge in [0.05, 0.1) is 2.88 Å². The molecule has 0 saturated carbocycles. The number of carbonyl (C=O) groups is 1. The molecule has 17 heavy (non-hydrogen) atoms. The molecule has 3 nitrogen and oxygen atoms in total. The van der Waals surface area contributed by atoms with Crippen molar-refractivity contribution in [2.75, 3.05) is 0 Å². The van der Waals surface area contributed by atoms with Gasteiger partial charge >= 0.3 is 0 Å². The second-order valence-corrected chi connectivity index (χ2v) is 6.38. The summed E-state index contributed by atoms with van der Waals surface area (Å²) in [5, 5.41) is 2.76. The van der Waals surface area contributed by atoms with Gasteiger partial charge in [-0.2, -0.15) is 0 Å². The first-order valence-corrected chi connectivity index (χ1v) is 6.92. The third-order valence-corrected chi connectivity index (χ3v) is 4.31. The smallest absolute Gasteiger partial charge is 0.196 e. The van der Waals surface area contributed by atoms with Gasteiger partial charge in [0.2, 0.25) is 0 Å². The Bertz CT molecular complexity index is 701. The van der Waals surface area contributed by atoms with E-state index in [1.54, 1.807) is 23.7 Å². The van der Waals surface area contributed by atoms with Crippen LogP contribution in [0.1, 0.15) is 15.9 Å². The fourth-order valence-electron chi connectivity index (χ4n) is 1.73. The molecule has 0 fully saturated rings. The Hall–Kier alpha value is -1.21. The summed E-state index contributed by atoms with van der Waals surface area (Å²) in [4.78, 5) is 19.5. The Labute approximate surface area is 115 Å². The number of hydrogen-bond donors (Lipinski definition) is 1. The minimum atomic E-state index is 0.0448. The summed E-state index contributed by atoms with van der Waals surface area (Å²) in [7, 11) is 0. The van der Waals surface area contributed by atoms with Gasteiger partial charge in [0.1, 0.15) is 5.65 Å². The fraction of sp³-hybridized carbons (Fsp3) is 0. The summed E-state index contributed by atoms with van der Waals surface area (Å²) in [6.07, 6.45) is 3.44. The van der Waals surface area contributed by atoms with Gasteiger partial charge in [-0.15, -0.1) is 11.3 Å². The van der Waals surface area contributed by atoms with Crippen molar-refractivity contribution < 1.29 is 4.79 Å². The summed E-state index contributed by atoms with van der Waals surface area (Å²) in [5.41, 5.74) is 2.17. The molecule has 0 aliphatic carbocycles. The van der Waals surface area contributed by atoms with E-state index in [0.29, 0.717) is 5.56 Å². The standard InChI is InChI=1S/C12H7IN2OS/c13-10-4-7(6-17-10)11(16)9-5-15-12-8(9)2-1-3-14-12/h1-6H,(H,14,15). The fourth-order valence-corrected chi connectivity index (χ4v) is 3.05. The van der Waals surface area contributed by atoms with Crippen molar-refractivity contribution in [2.24, 2.45) is 0 Å². The summed E-state index contributed by atoms with van der Waals surface area (Å²) >= 11 is 3.79. The number of rotatable bonds is 2. The Morgan fingerprint density at radius 1 is 1.47 bits per heavy atom. The number of halogens is 1. The number of fused-ring (bicyclic) bond motifs is 1. The molecule has 3 rings (SSSR count). The third kappa shape index (κ3) is 1.89. The predicted octanol–water partition coefficient (Wildman–Crippen LogP) is 3.46. The zero-order chi connectivity index (χ0) is 11.8. The first-order valence-electron chi connectivity index (χ1n) is 4.96. The summed E-state index contributed by atoms with van der Waals surface area (Å²) < 4.78 is 1.11. The Balaban J connectivity index is 2.13. The van der Waals surface area contributed by atoms with Gasteiger partial charge in [-0.05, 0) is 40.8 Å². The van der Waals surface area contributed by atoms with Crippen molar-refractivity contribution in [1.82, 2.24) is 9.97 Å². The minimum absolute atomic E-state index is 0.0448. The van der Waals surface area contributed by atoms with Crippen molar-refractivity contribution in [3.63, 3.8) is 0 Å². The van der Waals surface area contributed by atoms with Crippen LogP contribution in [-0.2, 0) is 0 Å². The van der Waals surface area contributed by atoms with Crippen molar-refractivity contribution in [3.8, 4) is 0 Å². The maximum absolute atomic E-state index is 12.3. The molecule has 0 spiro atoms. The minimum Gasteiger partial charge on any atom is -0.345 e. The van der Waals surface area contributed by atoms with E-state index >= 15 is 0 Å². The molecule has 0 unspecified atom stereocenters. The van der Waals surface area contributed by atoms with Gasteiger partial charge < -0.3 is 4.98 Å². The molecule has 3 aromatic heterocycles. The predicted molar refractivity (Wildman–Crippen MR) is 76.6 cm³/mol. The average molecular weight is 354 g/mol. The van der Waals surface area contributed by atoms with Crippen LogP contribution in [0, 0.1) is 2.88 Å². The number of nitrogens with one attached hydrogen (secondary N) is 1. The molecule has 0 aromatic carbocycles. The van der Waals surface area contributed by atoms with Crippen molar-refractivity contribution in [3.05, 3.63) is 50.0 Å². The number of carbonyl (C=O) groups excluding carboxylic acids is 1. The van der Waals surface area contributed by atoms with E-state index in [9.17, 15) is 4.79 Å². The first-order chi connectivity index (χ1) is 8.25. The molecule has 1 N–H and O–H groups in total. The van der Waals surface area contributed by atoms with Gasteiger partial charge in [0.15, 0.2) is 5.78 Å². The highest BCUT2D eigenvalue weighted by Crippen LogP contribution is 2.23. The Morgan fingerprint density at radius 2 is 2.35 bits per heavy atom. The lowest BCUT2D eigenvalue weighted by molar-refractivity contribution is 0.104. The summed E-state index contributed by atoms with van der Waals surface area (Å²) in [5.74, 6) is 0.0448. The van der Waals surface area contributed by atoms with Gasteiger partial charge in [-0.1, -0.05) is 0 Å². The van der Waals surface area contributed by atoms with E-state index in [1.165, 1.54) is 0 Å². The number of aromatic nitrogens is 2. The van der Waals surface area contributed by atoms with Gasteiger partial charge in [0, 0.05) is 34.3 Å². The second kappa shape index (κ2) is 4.23. The number of H-pyrrole nitrogens is 1. The lowest BCUT2D eigenvalue weighted by Crippen LogP contribution is -1.98. The largest absolute Gasteiger partial charge is 0.345 e. The first kappa shape index (κ1) is 10.9. The highest BCUT2D eigenvalue weighted by Gasteiger charge is 2.15. The van der Waals surface area contributed by atoms with Crippen molar-refractivity contribution in [1.29, 1.82) is 0 Å². The number of pyridine rings is 1. The van der Waals surface area contributed by atoms with Crippen LogP contribution >= 0.6 is 33.9 Å². The highest BCUT2D eigenvalue weighted by atomic mass is 127. The maximum Gasteiger partial charge on any atom is 0.196 e. The molecule has 0 atom stereocenters. The van der Waals surface area contributed by atoms with Crippen LogP contribution in [0.4, 0.5) is 0 Å². The SMILES string of the molecule is O=C(c1csc(I)c1)c1c[nH]c2ncccc12. The molecule has 3 heterocycles. The molecular weight excluding hydrogens is 347 g/mol. The van der Waals surface area contributed by atoms with E-state index in [-0.39, 0.29) is 5.78 Å². The van der Waals surface area contributed by atoms with Crippen molar-refractivity contribution in [2.45, 2.75) is 0 Å². The van der Waals surface area contributed by atoms with Crippen LogP contribution < -0.4 is 0 Å². The molecule has 0 bridgehead atoms. The zero-order valence-corrected chi connectivity index (χ0v) is 11.6. The quantitative estimate of drug-likeness (QED) is 0.566. The summed E-state index contributed by atoms with van der Waals surface area (Å²) in [6.45, 7) is 0. The lowest BCUT2D eigenvalue weighted by atomic mass is 10.1. The van der Waals surface area contributed by atoms with E-state index in [4.69, 9.17) is 0 Å². The van der Waals surface area contributed by atoms with Gasteiger partial charge in [-0.3, -0.25) is 4.79 Å². The van der Waals surface area contributed by atoms with E-state index in [0.717, 1.165) is 19.5 Å². The molecule has 0 saturated heterocycles. The van der Waals surface area contributed by atoms with Crippen LogP contribution in [0.5, 0.6) is 0 Å². The molecule has 0 aliphatic rings. The molecule has 3 aromatic rings. The Kier molecular flexibility index (Phi) is 2.71. The van der Waals surface area contributed by atoms with E-state index < -0.39 is 0 Å². The zero-order valence-electron chi connectivity index (χ0n) is 8.61. The average Bonchev–Trinajstić information content (AvgIpc) is 2.94. The molecule has 0 radical (unpaired) electrons. The third-order valence-electron chi connectivity index (χ3n) is 2.53. The monoisotopic (exact) mass is 354 g/mol.